The van der Waals surface area contributed by atoms with Crippen molar-refractivity contribution < 1.29 is 14.2 Å². The second kappa shape index (κ2) is 14.7. The van der Waals surface area contributed by atoms with Crippen LogP contribution in [0.15, 0.2) is 47.5 Å². The van der Waals surface area contributed by atoms with E-state index in [1.165, 1.54) is 0 Å². The van der Waals surface area contributed by atoms with Crippen molar-refractivity contribution in [1.29, 1.82) is 0 Å². The van der Waals surface area contributed by atoms with Crippen molar-refractivity contribution in [3.63, 3.8) is 0 Å². The molecule has 0 aliphatic rings. The molecule has 0 amide bonds. The van der Waals surface area contributed by atoms with Crippen molar-refractivity contribution in [2.24, 2.45) is 4.99 Å². The number of halogens is 1. The number of benzene rings is 2. The van der Waals surface area contributed by atoms with Gasteiger partial charge in [0.15, 0.2) is 17.5 Å². The van der Waals surface area contributed by atoms with Gasteiger partial charge in [-0.05, 0) is 57.3 Å². The lowest BCUT2D eigenvalue weighted by Gasteiger charge is -2.15. The van der Waals surface area contributed by atoms with Gasteiger partial charge in [0.25, 0.3) is 0 Å². The Morgan fingerprint density at radius 1 is 1.03 bits per heavy atom. The van der Waals surface area contributed by atoms with Gasteiger partial charge in [-0.1, -0.05) is 12.1 Å². The van der Waals surface area contributed by atoms with Crippen molar-refractivity contribution in [2.75, 3.05) is 53.3 Å². The summed E-state index contributed by atoms with van der Waals surface area (Å²) in [5, 5.41) is 6.60. The Labute approximate surface area is 203 Å². The molecule has 0 bridgehead atoms. The molecule has 0 fully saturated rings. The van der Waals surface area contributed by atoms with E-state index in [1.807, 2.05) is 37.3 Å². The number of hydrogen-bond acceptors (Lipinski definition) is 5. The summed E-state index contributed by atoms with van der Waals surface area (Å²) in [5.74, 6) is 2.96. The van der Waals surface area contributed by atoms with Gasteiger partial charge in [-0.15, -0.1) is 24.0 Å². The molecule has 2 N–H and O–H groups in total. The van der Waals surface area contributed by atoms with Gasteiger partial charge < -0.3 is 29.7 Å². The van der Waals surface area contributed by atoms with E-state index in [4.69, 9.17) is 14.2 Å². The topological polar surface area (TPSA) is 67.3 Å². The first-order chi connectivity index (χ1) is 14.5. The number of nitrogens with one attached hydrogen (secondary N) is 2. The maximum Gasteiger partial charge on any atom is 0.195 e. The lowest BCUT2D eigenvalue weighted by molar-refractivity contribution is 0.281. The molecule has 2 rings (SSSR count). The molecule has 0 atom stereocenters. The van der Waals surface area contributed by atoms with Gasteiger partial charge >= 0.3 is 0 Å². The van der Waals surface area contributed by atoms with Crippen LogP contribution in [0, 0.1) is 0 Å². The van der Waals surface area contributed by atoms with E-state index in [1.54, 1.807) is 14.2 Å². The number of nitrogens with zero attached hydrogens (tertiary/aromatic N) is 2. The lowest BCUT2D eigenvalue weighted by Crippen LogP contribution is -2.30. The number of guanidine groups is 1. The fourth-order valence-electron chi connectivity index (χ4n) is 2.80. The summed E-state index contributed by atoms with van der Waals surface area (Å²) in [6, 6.07) is 13.8. The highest BCUT2D eigenvalue weighted by Crippen LogP contribution is 2.30. The average molecular weight is 542 g/mol. The van der Waals surface area contributed by atoms with Gasteiger partial charge in [-0.3, -0.25) is 4.99 Å². The molecule has 2 aromatic rings. The Bertz CT molecular complexity index is 798. The third-order valence-corrected chi connectivity index (χ3v) is 4.35. The summed E-state index contributed by atoms with van der Waals surface area (Å²) < 4.78 is 16.7. The van der Waals surface area contributed by atoms with E-state index in [0.29, 0.717) is 30.6 Å². The monoisotopic (exact) mass is 542 g/mol. The fraction of sp³-hybridized carbons (Fsp3) is 0.435. The van der Waals surface area contributed by atoms with E-state index >= 15 is 0 Å². The molecular formula is C23H35IN4O3. The minimum Gasteiger partial charge on any atom is -0.494 e. The second-order valence-corrected chi connectivity index (χ2v) is 7.00. The van der Waals surface area contributed by atoms with Crippen LogP contribution < -0.4 is 24.8 Å². The van der Waals surface area contributed by atoms with Gasteiger partial charge in [0.2, 0.25) is 0 Å². The summed E-state index contributed by atoms with van der Waals surface area (Å²) >= 11 is 0. The third-order valence-electron chi connectivity index (χ3n) is 4.35. The Morgan fingerprint density at radius 3 is 2.39 bits per heavy atom. The molecule has 0 heterocycles. The molecule has 0 radical (unpaired) electrons. The Hall–Kier alpha value is -2.20. The lowest BCUT2D eigenvalue weighted by atomic mass is 10.2. The molecule has 31 heavy (non-hydrogen) atoms. The second-order valence-electron chi connectivity index (χ2n) is 7.00. The first-order valence-electron chi connectivity index (χ1n) is 10.2. The van der Waals surface area contributed by atoms with E-state index < -0.39 is 0 Å². The predicted molar refractivity (Wildman–Crippen MR) is 139 cm³/mol. The molecule has 0 unspecified atom stereocenters. The van der Waals surface area contributed by atoms with Crippen LogP contribution in [0.2, 0.25) is 0 Å². The van der Waals surface area contributed by atoms with Crippen LogP contribution in [0.1, 0.15) is 18.9 Å². The van der Waals surface area contributed by atoms with Gasteiger partial charge in [0, 0.05) is 31.9 Å². The van der Waals surface area contributed by atoms with Crippen molar-refractivity contribution in [1.82, 2.24) is 10.2 Å². The average Bonchev–Trinajstić information content (AvgIpc) is 2.75. The largest absolute Gasteiger partial charge is 0.494 e. The third kappa shape index (κ3) is 9.65. The minimum absolute atomic E-state index is 0. The van der Waals surface area contributed by atoms with Crippen LogP contribution in [0.25, 0.3) is 0 Å². The Kier molecular flexibility index (Phi) is 12.8. The molecule has 0 saturated carbocycles. The zero-order chi connectivity index (χ0) is 21.8. The van der Waals surface area contributed by atoms with Crippen LogP contribution >= 0.6 is 24.0 Å². The van der Waals surface area contributed by atoms with Crippen molar-refractivity contribution in [3.8, 4) is 17.2 Å². The smallest absolute Gasteiger partial charge is 0.195 e. The van der Waals surface area contributed by atoms with E-state index in [2.05, 4.69) is 46.8 Å². The number of methoxy groups -OCH3 is 1. The van der Waals surface area contributed by atoms with Gasteiger partial charge in [0.05, 0.1) is 20.3 Å². The Morgan fingerprint density at radius 2 is 1.77 bits per heavy atom. The van der Waals surface area contributed by atoms with E-state index in [-0.39, 0.29) is 24.0 Å². The summed E-state index contributed by atoms with van der Waals surface area (Å²) in [4.78, 5) is 6.45. The normalized spacial score (nSPS) is 11.0. The van der Waals surface area contributed by atoms with Crippen LogP contribution in [-0.4, -0.2) is 58.9 Å². The molecule has 0 spiro atoms. The fourth-order valence-corrected chi connectivity index (χ4v) is 2.80. The standard InChI is InChI=1S/C23H34N4O3.HI/c1-6-29-22-16-19(10-13-21(22)28-5)26-23(24-2)25-17-18-8-11-20(12-9-18)30-15-7-14-27(3)4;/h8-13,16H,6-7,14-15,17H2,1-5H3,(H2,24,25,26);1H. The number of rotatable bonds is 11. The molecule has 0 aliphatic carbocycles. The van der Waals surface area contributed by atoms with Crippen molar-refractivity contribution in [3.05, 3.63) is 48.0 Å². The van der Waals surface area contributed by atoms with E-state index in [9.17, 15) is 0 Å². The summed E-state index contributed by atoms with van der Waals surface area (Å²) in [5.41, 5.74) is 2.01. The van der Waals surface area contributed by atoms with Gasteiger partial charge in [-0.25, -0.2) is 0 Å². The molecule has 8 heteroatoms. The zero-order valence-electron chi connectivity index (χ0n) is 19.1. The van der Waals surface area contributed by atoms with Crippen LogP contribution in [0.5, 0.6) is 17.2 Å². The Balaban J connectivity index is 0.00000480. The van der Waals surface area contributed by atoms with Crippen LogP contribution in [0.4, 0.5) is 5.69 Å². The number of ether oxygens (including phenoxy) is 3. The quantitative estimate of drug-likeness (QED) is 0.192. The summed E-state index contributed by atoms with van der Waals surface area (Å²) in [6.07, 6.45) is 1.01. The predicted octanol–water partition coefficient (Wildman–Crippen LogP) is 4.23. The minimum atomic E-state index is 0. The molecule has 0 saturated heterocycles. The molecule has 2 aromatic carbocycles. The van der Waals surface area contributed by atoms with Gasteiger partial charge in [0.1, 0.15) is 5.75 Å². The highest BCUT2D eigenvalue weighted by molar-refractivity contribution is 14.0. The van der Waals surface area contributed by atoms with Crippen LogP contribution in [-0.2, 0) is 6.54 Å². The van der Waals surface area contributed by atoms with Crippen LogP contribution in [0.3, 0.4) is 0 Å². The molecule has 0 aliphatic heterocycles. The maximum absolute atomic E-state index is 5.78. The van der Waals surface area contributed by atoms with Crippen molar-refractivity contribution >= 4 is 35.6 Å². The molecule has 0 aromatic heterocycles. The summed E-state index contributed by atoms with van der Waals surface area (Å²) in [6.45, 7) is 4.91. The first-order valence-corrected chi connectivity index (χ1v) is 10.2. The van der Waals surface area contributed by atoms with Gasteiger partial charge in [-0.2, -0.15) is 0 Å². The molecule has 172 valence electrons. The van der Waals surface area contributed by atoms with E-state index in [0.717, 1.165) is 36.6 Å². The molecule has 7 nitrogen and oxygen atoms in total. The summed E-state index contributed by atoms with van der Waals surface area (Å²) in [7, 11) is 7.51. The number of anilines is 1. The highest BCUT2D eigenvalue weighted by atomic mass is 127. The SMILES string of the molecule is CCOc1cc(NC(=NC)NCc2ccc(OCCCN(C)C)cc2)ccc1OC.I. The van der Waals surface area contributed by atoms with Crippen molar-refractivity contribution in [2.45, 2.75) is 19.9 Å². The highest BCUT2D eigenvalue weighted by Gasteiger charge is 2.07. The first kappa shape index (κ1) is 26.8. The maximum atomic E-state index is 5.78. The molecular weight excluding hydrogens is 507 g/mol. The number of hydrogen-bond donors (Lipinski definition) is 2. The zero-order valence-corrected chi connectivity index (χ0v) is 21.4. The number of aliphatic imine (C=N–C) groups is 1.